The Morgan fingerprint density at radius 1 is 1.25 bits per heavy atom. The number of hydrogen-bond donors (Lipinski definition) is 1. The summed E-state index contributed by atoms with van der Waals surface area (Å²) in [4.78, 5) is 16.8. The number of furan rings is 1. The Bertz CT molecular complexity index is 925. The van der Waals surface area contributed by atoms with E-state index in [2.05, 4.69) is 15.5 Å². The summed E-state index contributed by atoms with van der Waals surface area (Å²) in [5.41, 5.74) is 5.44. The van der Waals surface area contributed by atoms with Crippen molar-refractivity contribution in [3.8, 4) is 0 Å². The Labute approximate surface area is 139 Å². The van der Waals surface area contributed by atoms with Crippen molar-refractivity contribution in [3.05, 3.63) is 71.3 Å². The van der Waals surface area contributed by atoms with Crippen molar-refractivity contribution >= 4 is 29.1 Å². The second-order valence-corrected chi connectivity index (χ2v) is 5.42. The SMILES string of the molecule is CC(=C/c1ccco1)/C=N/NC(=O)c1cc2ccccc2nc1C. The number of amides is 1. The number of carbonyl (C=O) groups excluding carboxylic acids is 1. The van der Waals surface area contributed by atoms with E-state index in [9.17, 15) is 4.79 Å². The minimum Gasteiger partial charge on any atom is -0.465 e. The van der Waals surface area contributed by atoms with E-state index in [1.165, 1.54) is 0 Å². The summed E-state index contributed by atoms with van der Waals surface area (Å²) in [6, 6.07) is 13.2. The van der Waals surface area contributed by atoms with Crippen LogP contribution in [0, 0.1) is 6.92 Å². The van der Waals surface area contributed by atoms with Crippen molar-refractivity contribution in [2.45, 2.75) is 13.8 Å². The molecule has 0 saturated heterocycles. The second-order valence-electron chi connectivity index (χ2n) is 5.42. The van der Waals surface area contributed by atoms with Gasteiger partial charge in [0.1, 0.15) is 5.76 Å². The van der Waals surface area contributed by atoms with Gasteiger partial charge in [-0.25, -0.2) is 5.43 Å². The van der Waals surface area contributed by atoms with Crippen molar-refractivity contribution in [2.75, 3.05) is 0 Å². The normalized spacial score (nSPS) is 12.0. The van der Waals surface area contributed by atoms with E-state index in [1.54, 1.807) is 12.5 Å². The molecule has 2 aromatic heterocycles. The monoisotopic (exact) mass is 319 g/mol. The largest absolute Gasteiger partial charge is 0.465 e. The van der Waals surface area contributed by atoms with Gasteiger partial charge in [-0.2, -0.15) is 5.10 Å². The van der Waals surface area contributed by atoms with Crippen LogP contribution in [0.4, 0.5) is 0 Å². The molecule has 120 valence electrons. The molecule has 24 heavy (non-hydrogen) atoms. The first kappa shape index (κ1) is 15.7. The van der Waals surface area contributed by atoms with Gasteiger partial charge in [0.2, 0.25) is 0 Å². The minimum absolute atomic E-state index is 0.284. The molecule has 3 rings (SSSR count). The predicted molar refractivity (Wildman–Crippen MR) is 94.8 cm³/mol. The van der Waals surface area contributed by atoms with Gasteiger partial charge in [-0.1, -0.05) is 18.2 Å². The topological polar surface area (TPSA) is 67.5 Å². The van der Waals surface area contributed by atoms with Crippen molar-refractivity contribution < 1.29 is 9.21 Å². The van der Waals surface area contributed by atoms with Crippen molar-refractivity contribution in [1.29, 1.82) is 0 Å². The average Bonchev–Trinajstić information content (AvgIpc) is 3.07. The van der Waals surface area contributed by atoms with Gasteiger partial charge in [0, 0.05) is 5.39 Å². The van der Waals surface area contributed by atoms with Gasteiger partial charge in [-0.15, -0.1) is 0 Å². The maximum Gasteiger partial charge on any atom is 0.273 e. The molecule has 3 aromatic rings. The van der Waals surface area contributed by atoms with Crippen LogP contribution >= 0.6 is 0 Å². The van der Waals surface area contributed by atoms with E-state index in [4.69, 9.17) is 4.42 Å². The summed E-state index contributed by atoms with van der Waals surface area (Å²) < 4.78 is 5.22. The lowest BCUT2D eigenvalue weighted by Crippen LogP contribution is -2.19. The zero-order chi connectivity index (χ0) is 16.9. The standard InChI is InChI=1S/C19H17N3O2/c1-13(10-16-7-5-9-24-16)12-20-22-19(23)17-11-15-6-3-4-8-18(15)21-14(17)2/h3-12H,1-2H3,(H,22,23)/b13-10-,20-12+. The molecule has 1 amide bonds. The van der Waals surface area contributed by atoms with Crippen molar-refractivity contribution in [2.24, 2.45) is 5.10 Å². The van der Waals surface area contributed by atoms with Crippen molar-refractivity contribution in [1.82, 2.24) is 10.4 Å². The molecule has 5 nitrogen and oxygen atoms in total. The lowest BCUT2D eigenvalue weighted by molar-refractivity contribution is 0.0954. The first-order chi connectivity index (χ1) is 11.6. The Hall–Kier alpha value is -3.21. The van der Waals surface area contributed by atoms with Crippen LogP contribution in [0.25, 0.3) is 17.0 Å². The quantitative estimate of drug-likeness (QED) is 0.585. The molecule has 0 aliphatic carbocycles. The van der Waals surface area contributed by atoms with Gasteiger partial charge in [0.15, 0.2) is 0 Å². The molecule has 1 aromatic carbocycles. The predicted octanol–water partition coefficient (Wildman–Crippen LogP) is 3.96. The van der Waals surface area contributed by atoms with Gasteiger partial charge in [0.05, 0.1) is 29.3 Å². The number of aromatic nitrogens is 1. The van der Waals surface area contributed by atoms with Gasteiger partial charge >= 0.3 is 0 Å². The van der Waals surface area contributed by atoms with Crippen LogP contribution in [0.5, 0.6) is 0 Å². The average molecular weight is 319 g/mol. The lowest BCUT2D eigenvalue weighted by atomic mass is 10.1. The van der Waals surface area contributed by atoms with Crippen LogP contribution in [0.1, 0.15) is 28.7 Å². The Morgan fingerprint density at radius 3 is 2.88 bits per heavy atom. The highest BCUT2D eigenvalue weighted by Crippen LogP contribution is 2.16. The zero-order valence-corrected chi connectivity index (χ0v) is 13.5. The van der Waals surface area contributed by atoms with Gasteiger partial charge in [-0.05, 0) is 49.8 Å². The molecule has 0 unspecified atom stereocenters. The summed E-state index contributed by atoms with van der Waals surface area (Å²) in [6.45, 7) is 3.69. The Morgan fingerprint density at radius 2 is 2.08 bits per heavy atom. The number of para-hydroxylation sites is 1. The number of nitrogens with zero attached hydrogens (tertiary/aromatic N) is 2. The van der Waals surface area contributed by atoms with Crippen LogP contribution in [0.2, 0.25) is 0 Å². The number of pyridine rings is 1. The lowest BCUT2D eigenvalue weighted by Gasteiger charge is -2.06. The number of hydrazone groups is 1. The number of allylic oxidation sites excluding steroid dienone is 1. The zero-order valence-electron chi connectivity index (χ0n) is 13.5. The summed E-state index contributed by atoms with van der Waals surface area (Å²) >= 11 is 0. The summed E-state index contributed by atoms with van der Waals surface area (Å²) in [6.07, 6.45) is 5.01. The molecule has 0 saturated carbocycles. The molecular weight excluding hydrogens is 302 g/mol. The molecule has 0 spiro atoms. The molecule has 1 N–H and O–H groups in total. The number of aryl methyl sites for hydroxylation is 1. The molecule has 0 atom stereocenters. The number of nitrogens with one attached hydrogen (secondary N) is 1. The third-order valence-electron chi connectivity index (χ3n) is 3.51. The van der Waals surface area contributed by atoms with E-state index in [1.807, 2.05) is 62.4 Å². The van der Waals surface area contributed by atoms with E-state index in [-0.39, 0.29) is 5.91 Å². The van der Waals surface area contributed by atoms with Crippen LogP contribution in [-0.2, 0) is 0 Å². The Balaban J connectivity index is 1.73. The molecular formula is C19H17N3O2. The maximum absolute atomic E-state index is 12.3. The highest BCUT2D eigenvalue weighted by atomic mass is 16.3. The first-order valence-electron chi connectivity index (χ1n) is 7.55. The van der Waals surface area contributed by atoms with Crippen LogP contribution in [0.3, 0.4) is 0 Å². The summed E-state index contributed by atoms with van der Waals surface area (Å²) in [7, 11) is 0. The number of benzene rings is 1. The summed E-state index contributed by atoms with van der Waals surface area (Å²) in [5.74, 6) is 0.452. The highest BCUT2D eigenvalue weighted by molar-refractivity contribution is 5.99. The number of rotatable bonds is 4. The molecule has 5 heteroatoms. The smallest absolute Gasteiger partial charge is 0.273 e. The molecule has 0 aliphatic rings. The Kier molecular flexibility index (Phi) is 4.52. The van der Waals surface area contributed by atoms with E-state index in [0.717, 1.165) is 22.2 Å². The number of carbonyl (C=O) groups is 1. The molecule has 0 fully saturated rings. The van der Waals surface area contributed by atoms with Crippen LogP contribution in [0.15, 0.2) is 63.8 Å². The van der Waals surface area contributed by atoms with Crippen LogP contribution in [-0.4, -0.2) is 17.1 Å². The maximum atomic E-state index is 12.3. The third kappa shape index (κ3) is 3.57. The summed E-state index contributed by atoms with van der Waals surface area (Å²) in [5, 5.41) is 4.91. The molecule has 2 heterocycles. The fraction of sp³-hybridized carbons (Fsp3) is 0.105. The molecule has 0 bridgehead atoms. The number of hydrogen-bond acceptors (Lipinski definition) is 4. The minimum atomic E-state index is -0.284. The second kappa shape index (κ2) is 6.91. The first-order valence-corrected chi connectivity index (χ1v) is 7.55. The van der Waals surface area contributed by atoms with Crippen LogP contribution < -0.4 is 5.43 Å². The highest BCUT2D eigenvalue weighted by Gasteiger charge is 2.10. The fourth-order valence-electron chi connectivity index (χ4n) is 2.33. The van der Waals surface area contributed by atoms with Gasteiger partial charge in [0.25, 0.3) is 5.91 Å². The van der Waals surface area contributed by atoms with Crippen molar-refractivity contribution in [3.63, 3.8) is 0 Å². The molecule has 0 radical (unpaired) electrons. The fourth-order valence-corrected chi connectivity index (χ4v) is 2.33. The third-order valence-corrected chi connectivity index (χ3v) is 3.51. The van der Waals surface area contributed by atoms with Gasteiger partial charge in [-0.3, -0.25) is 9.78 Å². The van der Waals surface area contributed by atoms with E-state index in [0.29, 0.717) is 11.3 Å². The van der Waals surface area contributed by atoms with E-state index >= 15 is 0 Å². The molecule has 0 aliphatic heterocycles. The van der Waals surface area contributed by atoms with E-state index < -0.39 is 0 Å². The number of fused-ring (bicyclic) bond motifs is 1. The van der Waals surface area contributed by atoms with Gasteiger partial charge < -0.3 is 4.42 Å².